The number of rotatable bonds is 2. The van der Waals surface area contributed by atoms with Crippen LogP contribution in [-0.2, 0) is 24.4 Å². The third-order valence-electron chi connectivity index (χ3n) is 0.313. The molecule has 0 saturated heterocycles. The molecule has 3 nitrogen and oxygen atoms in total. The highest BCUT2D eigenvalue weighted by Crippen LogP contribution is 1.86. The molecule has 0 amide bonds. The number of allylic oxidation sites excluding steroid dienone is 1. The van der Waals surface area contributed by atoms with Crippen LogP contribution in [0.15, 0.2) is 12.3 Å². The monoisotopic (exact) mass is 154 g/mol. The maximum absolute atomic E-state index is 10.0. The summed E-state index contributed by atoms with van der Waals surface area (Å²) in [7, 11) is -3.44. The first kappa shape index (κ1) is 7.87. The predicted molar refractivity (Wildman–Crippen MR) is 34.0 cm³/mol. The molecule has 0 aromatic carbocycles. The maximum Gasteiger partial charge on any atom is 0.311 e. The van der Waals surface area contributed by atoms with E-state index in [0.717, 1.165) is 6.26 Å². The van der Waals surface area contributed by atoms with Gasteiger partial charge in [-0.2, -0.15) is 4.21 Å². The van der Waals surface area contributed by atoms with Crippen molar-refractivity contribution in [2.24, 2.45) is 0 Å². The smallest absolute Gasteiger partial charge is 0.311 e. The topological polar surface area (TPSA) is 46.5 Å². The van der Waals surface area contributed by atoms with E-state index in [1.807, 2.05) is 0 Å². The van der Waals surface area contributed by atoms with Crippen LogP contribution in [0.5, 0.6) is 0 Å². The average molecular weight is 154 g/mol. The summed E-state index contributed by atoms with van der Waals surface area (Å²) in [5, 5.41) is 0. The minimum Gasteiger partial charge on any atom is -0.390 e. The van der Waals surface area contributed by atoms with Crippen LogP contribution in [0.2, 0.25) is 0 Å². The van der Waals surface area contributed by atoms with Crippen LogP contribution in [0.3, 0.4) is 0 Å². The van der Waals surface area contributed by atoms with Crippen molar-refractivity contribution in [3.05, 3.63) is 12.3 Å². The van der Waals surface area contributed by atoms with Crippen molar-refractivity contribution < 1.29 is 12.9 Å². The van der Waals surface area contributed by atoms with E-state index < -0.39 is 9.05 Å². The van der Waals surface area contributed by atoms with Gasteiger partial charge in [-0.1, -0.05) is 6.08 Å². The van der Waals surface area contributed by atoms with Crippen LogP contribution in [0.4, 0.5) is 0 Å². The van der Waals surface area contributed by atoms with Crippen LogP contribution in [0.1, 0.15) is 6.92 Å². The largest absolute Gasteiger partial charge is 0.390 e. The van der Waals surface area contributed by atoms with E-state index in [9.17, 15) is 4.21 Å². The molecule has 0 heterocycles. The molecule has 0 aliphatic rings. The highest BCUT2D eigenvalue weighted by atomic mass is 32.9. The summed E-state index contributed by atoms with van der Waals surface area (Å²) in [6.45, 7) is 1.65. The van der Waals surface area contributed by atoms with Crippen molar-refractivity contribution in [2.75, 3.05) is 0 Å². The molecular weight excluding hydrogens is 148 g/mol. The van der Waals surface area contributed by atoms with Gasteiger partial charge in [0.25, 0.3) is 0 Å². The van der Waals surface area contributed by atoms with Crippen molar-refractivity contribution in [1.82, 2.24) is 0 Å². The lowest BCUT2D eigenvalue weighted by Crippen LogP contribution is -1.94. The zero-order chi connectivity index (χ0) is 6.62. The Balaban J connectivity index is 3.76. The minimum atomic E-state index is -3.44. The van der Waals surface area contributed by atoms with E-state index >= 15 is 0 Å². The van der Waals surface area contributed by atoms with Crippen molar-refractivity contribution in [2.45, 2.75) is 6.92 Å². The average Bonchev–Trinajstić information content (AvgIpc) is 1.59. The second kappa shape index (κ2) is 3.01. The molecule has 1 unspecified atom stereocenters. The molecule has 0 saturated carbocycles. The Bertz CT molecular complexity index is 167. The first-order valence-corrected chi connectivity index (χ1v) is 4.19. The molecule has 0 aromatic rings. The summed E-state index contributed by atoms with van der Waals surface area (Å²) in [4.78, 5) is 0. The number of hydrogen-bond donors (Lipinski definition) is 1. The van der Waals surface area contributed by atoms with Crippen molar-refractivity contribution in [3.63, 3.8) is 0 Å². The molecule has 0 aromatic heterocycles. The normalized spacial score (nSPS) is 18.2. The zero-order valence-electron chi connectivity index (χ0n) is 4.23. The van der Waals surface area contributed by atoms with Crippen LogP contribution in [0.25, 0.3) is 0 Å². The molecule has 48 valence electrons. The fourth-order valence-corrected chi connectivity index (χ4v) is 0.513. The lowest BCUT2D eigenvalue weighted by Gasteiger charge is -1.92. The van der Waals surface area contributed by atoms with E-state index in [2.05, 4.69) is 15.4 Å². The molecule has 0 aliphatic carbocycles. The molecule has 0 aliphatic heterocycles. The van der Waals surface area contributed by atoms with Gasteiger partial charge in [-0.15, -0.1) is 0 Å². The second-order valence-electron chi connectivity index (χ2n) is 0.993. The summed E-state index contributed by atoms with van der Waals surface area (Å²) >= 11 is 3.96. The van der Waals surface area contributed by atoms with Gasteiger partial charge in [0.05, 0.1) is 11.2 Å². The summed E-state index contributed by atoms with van der Waals surface area (Å²) in [5.74, 6) is 0. The fourth-order valence-electron chi connectivity index (χ4n) is 0.126. The Hall–Kier alpha value is -0.130. The third-order valence-corrected chi connectivity index (χ3v) is 0.903. The number of hydrogen-bond acceptors (Lipinski definition) is 3. The van der Waals surface area contributed by atoms with Gasteiger partial charge in [0.1, 0.15) is 6.26 Å². The molecule has 0 bridgehead atoms. The Morgan fingerprint density at radius 2 is 2.38 bits per heavy atom. The summed E-state index contributed by atoms with van der Waals surface area (Å²) < 4.78 is 22.4. The molecule has 0 radical (unpaired) electrons. The van der Waals surface area contributed by atoms with Gasteiger partial charge in [0.15, 0.2) is 0 Å². The Kier molecular flexibility index (Phi) is 2.96. The van der Waals surface area contributed by atoms with Crippen LogP contribution in [0, 0.1) is 0 Å². The lowest BCUT2D eigenvalue weighted by molar-refractivity contribution is 0.416. The van der Waals surface area contributed by atoms with Crippen molar-refractivity contribution >= 4 is 20.2 Å². The molecule has 1 atom stereocenters. The highest BCUT2D eigenvalue weighted by Gasteiger charge is 1.91. The van der Waals surface area contributed by atoms with Gasteiger partial charge < -0.3 is 4.18 Å². The first-order chi connectivity index (χ1) is 3.56. The van der Waals surface area contributed by atoms with E-state index in [4.69, 9.17) is 4.55 Å². The molecule has 0 fully saturated rings. The Labute approximate surface area is 53.1 Å². The maximum atomic E-state index is 10.0. The zero-order valence-corrected chi connectivity index (χ0v) is 5.87. The van der Waals surface area contributed by atoms with Gasteiger partial charge >= 0.3 is 9.05 Å². The summed E-state index contributed by atoms with van der Waals surface area (Å²) in [6.07, 6.45) is 2.55. The molecule has 0 spiro atoms. The van der Waals surface area contributed by atoms with Crippen LogP contribution < -0.4 is 0 Å². The van der Waals surface area contributed by atoms with E-state index in [1.54, 1.807) is 6.92 Å². The van der Waals surface area contributed by atoms with Crippen molar-refractivity contribution in [1.29, 1.82) is 0 Å². The predicted octanol–water partition coefficient (Wildman–Crippen LogP) is 0.671. The Morgan fingerprint density at radius 3 is 2.50 bits per heavy atom. The minimum absolute atomic E-state index is 1.08. The molecular formula is C3H6O3S2. The highest BCUT2D eigenvalue weighted by molar-refractivity contribution is 8.27. The van der Waals surface area contributed by atoms with Gasteiger partial charge in [-0.25, -0.2) is 0 Å². The summed E-state index contributed by atoms with van der Waals surface area (Å²) in [5.41, 5.74) is 0. The van der Waals surface area contributed by atoms with E-state index in [0.29, 0.717) is 0 Å². The van der Waals surface area contributed by atoms with Crippen molar-refractivity contribution in [3.8, 4) is 0 Å². The van der Waals surface area contributed by atoms with Crippen LogP contribution >= 0.6 is 0 Å². The second-order valence-corrected chi connectivity index (χ2v) is 3.30. The SMILES string of the molecule is C/C=C/OS(=O)(O)=S. The van der Waals surface area contributed by atoms with E-state index in [1.165, 1.54) is 6.08 Å². The molecule has 0 rings (SSSR count). The standard InChI is InChI=1S/C3H6O3S2/c1-2-3-6-8(4,5)7/h2-3H,1H3,(H,4,5,7)/b3-2+. The molecule has 5 heteroatoms. The molecule has 8 heavy (non-hydrogen) atoms. The quantitative estimate of drug-likeness (QED) is 0.594. The van der Waals surface area contributed by atoms with E-state index in [-0.39, 0.29) is 0 Å². The third kappa shape index (κ3) is 5.87. The fraction of sp³-hybridized carbons (Fsp3) is 0.333. The van der Waals surface area contributed by atoms with Gasteiger partial charge in [-0.3, -0.25) is 4.55 Å². The first-order valence-electron chi connectivity index (χ1n) is 1.83. The van der Waals surface area contributed by atoms with Gasteiger partial charge in [0.2, 0.25) is 0 Å². The van der Waals surface area contributed by atoms with Gasteiger partial charge in [0, 0.05) is 0 Å². The van der Waals surface area contributed by atoms with Gasteiger partial charge in [-0.05, 0) is 6.92 Å². The van der Waals surface area contributed by atoms with Crippen LogP contribution in [-0.4, -0.2) is 8.76 Å². The lowest BCUT2D eigenvalue weighted by atomic mass is 10.8. The Morgan fingerprint density at radius 1 is 1.88 bits per heavy atom. The summed E-state index contributed by atoms with van der Waals surface area (Å²) in [6, 6.07) is 0. The molecule has 1 N–H and O–H groups in total.